The summed E-state index contributed by atoms with van der Waals surface area (Å²) < 4.78 is 0. The van der Waals surface area contributed by atoms with Gasteiger partial charge in [-0.15, -0.1) is 0 Å². The van der Waals surface area contributed by atoms with E-state index in [1.807, 2.05) is 12.1 Å². The molecule has 0 aliphatic carbocycles. The van der Waals surface area contributed by atoms with Crippen molar-refractivity contribution in [1.29, 1.82) is 0 Å². The van der Waals surface area contributed by atoms with Crippen molar-refractivity contribution in [3.05, 3.63) is 47.5 Å². The van der Waals surface area contributed by atoms with Gasteiger partial charge in [-0.1, -0.05) is 23.4 Å². The standard InChI is InChI=1S/C12H9ClO2S/c13-11-7-9(15)3-6-12(11)16-10-4-1-8(14)2-5-10/h1-7,14-15H. The number of halogens is 1. The molecule has 0 unspecified atom stereocenters. The van der Waals surface area contributed by atoms with Crippen molar-refractivity contribution in [2.24, 2.45) is 0 Å². The monoisotopic (exact) mass is 252 g/mol. The molecule has 16 heavy (non-hydrogen) atoms. The van der Waals surface area contributed by atoms with Gasteiger partial charge in [-0.05, 0) is 42.5 Å². The highest BCUT2D eigenvalue weighted by Crippen LogP contribution is 2.35. The molecule has 2 aromatic carbocycles. The van der Waals surface area contributed by atoms with Crippen LogP contribution in [0.4, 0.5) is 0 Å². The first kappa shape index (κ1) is 11.2. The molecular formula is C12H9ClO2S. The molecule has 2 aromatic rings. The number of benzene rings is 2. The lowest BCUT2D eigenvalue weighted by atomic mass is 10.3. The number of hydrogen-bond donors (Lipinski definition) is 2. The van der Waals surface area contributed by atoms with Crippen LogP contribution in [-0.2, 0) is 0 Å². The number of rotatable bonds is 2. The minimum atomic E-state index is 0.153. The van der Waals surface area contributed by atoms with Gasteiger partial charge in [0.15, 0.2) is 0 Å². The molecule has 2 nitrogen and oxygen atoms in total. The largest absolute Gasteiger partial charge is 0.508 e. The van der Waals surface area contributed by atoms with E-state index in [4.69, 9.17) is 16.7 Å². The highest BCUT2D eigenvalue weighted by molar-refractivity contribution is 7.99. The normalized spacial score (nSPS) is 10.3. The Bertz CT molecular complexity index is 497. The molecule has 2 N–H and O–H groups in total. The van der Waals surface area contributed by atoms with E-state index in [2.05, 4.69) is 0 Å². The molecule has 0 bridgehead atoms. The van der Waals surface area contributed by atoms with E-state index in [0.717, 1.165) is 9.79 Å². The first-order valence-corrected chi connectivity index (χ1v) is 5.80. The highest BCUT2D eigenvalue weighted by Gasteiger charge is 2.03. The summed E-state index contributed by atoms with van der Waals surface area (Å²) in [4.78, 5) is 1.84. The van der Waals surface area contributed by atoms with E-state index < -0.39 is 0 Å². The van der Waals surface area contributed by atoms with E-state index >= 15 is 0 Å². The summed E-state index contributed by atoms with van der Waals surface area (Å²) in [5.74, 6) is 0.390. The fraction of sp³-hybridized carbons (Fsp3) is 0. The Labute approximate surface area is 103 Å². The molecule has 0 aliphatic rings. The van der Waals surface area contributed by atoms with Gasteiger partial charge in [0.2, 0.25) is 0 Å². The SMILES string of the molecule is Oc1ccc(Sc2ccc(O)cc2Cl)cc1. The van der Waals surface area contributed by atoms with Crippen LogP contribution >= 0.6 is 23.4 Å². The van der Waals surface area contributed by atoms with Crippen LogP contribution in [-0.4, -0.2) is 10.2 Å². The minimum Gasteiger partial charge on any atom is -0.508 e. The topological polar surface area (TPSA) is 40.5 Å². The lowest BCUT2D eigenvalue weighted by Gasteiger charge is -2.04. The Morgan fingerprint density at radius 2 is 1.50 bits per heavy atom. The number of phenolic OH excluding ortho intramolecular Hbond substituents is 2. The summed E-state index contributed by atoms with van der Waals surface area (Å²) in [5, 5.41) is 18.9. The lowest BCUT2D eigenvalue weighted by molar-refractivity contribution is 0.474. The van der Waals surface area contributed by atoms with Gasteiger partial charge >= 0.3 is 0 Å². The molecular weight excluding hydrogens is 244 g/mol. The third kappa shape index (κ3) is 2.62. The number of aromatic hydroxyl groups is 2. The average molecular weight is 253 g/mol. The smallest absolute Gasteiger partial charge is 0.117 e. The lowest BCUT2D eigenvalue weighted by Crippen LogP contribution is -1.75. The summed E-state index contributed by atoms with van der Waals surface area (Å²) in [6.07, 6.45) is 0. The van der Waals surface area contributed by atoms with Gasteiger partial charge in [0.25, 0.3) is 0 Å². The molecule has 0 saturated heterocycles. The van der Waals surface area contributed by atoms with Gasteiger partial charge in [0.05, 0.1) is 5.02 Å². The zero-order chi connectivity index (χ0) is 11.5. The van der Waals surface area contributed by atoms with E-state index in [9.17, 15) is 5.11 Å². The first-order valence-electron chi connectivity index (χ1n) is 4.60. The van der Waals surface area contributed by atoms with Crippen molar-refractivity contribution in [2.75, 3.05) is 0 Å². The second-order valence-electron chi connectivity index (χ2n) is 3.21. The van der Waals surface area contributed by atoms with Gasteiger partial charge < -0.3 is 10.2 Å². The predicted molar refractivity (Wildman–Crippen MR) is 65.3 cm³/mol. The maximum absolute atomic E-state index is 9.21. The van der Waals surface area contributed by atoms with Crippen molar-refractivity contribution in [1.82, 2.24) is 0 Å². The van der Waals surface area contributed by atoms with Gasteiger partial charge in [-0.25, -0.2) is 0 Å². The molecule has 0 atom stereocenters. The molecule has 0 aromatic heterocycles. The summed E-state index contributed by atoms with van der Waals surface area (Å²) in [6.45, 7) is 0. The fourth-order valence-electron chi connectivity index (χ4n) is 1.21. The van der Waals surface area contributed by atoms with Crippen molar-refractivity contribution in [3.63, 3.8) is 0 Å². The summed E-state index contributed by atoms with van der Waals surface area (Å²) in [5.41, 5.74) is 0. The Hall–Kier alpha value is -1.32. The van der Waals surface area contributed by atoms with E-state index in [0.29, 0.717) is 5.02 Å². The number of hydrogen-bond acceptors (Lipinski definition) is 3. The van der Waals surface area contributed by atoms with Crippen molar-refractivity contribution >= 4 is 23.4 Å². The Morgan fingerprint density at radius 3 is 2.12 bits per heavy atom. The van der Waals surface area contributed by atoms with Crippen LogP contribution in [0.25, 0.3) is 0 Å². The third-order valence-corrected chi connectivity index (χ3v) is 3.49. The second-order valence-corrected chi connectivity index (χ2v) is 4.73. The Morgan fingerprint density at radius 1 is 0.875 bits per heavy atom. The maximum atomic E-state index is 9.21. The molecule has 2 rings (SSSR count). The molecule has 4 heteroatoms. The first-order chi connectivity index (χ1) is 7.65. The van der Waals surface area contributed by atoms with E-state index in [1.165, 1.54) is 17.8 Å². The third-order valence-electron chi connectivity index (χ3n) is 1.98. The van der Waals surface area contributed by atoms with Crippen LogP contribution in [0.15, 0.2) is 52.3 Å². The van der Waals surface area contributed by atoms with Gasteiger partial charge in [-0.2, -0.15) is 0 Å². The van der Waals surface area contributed by atoms with E-state index in [1.54, 1.807) is 24.3 Å². The van der Waals surface area contributed by atoms with Crippen LogP contribution in [0.3, 0.4) is 0 Å². The van der Waals surface area contributed by atoms with Crippen LogP contribution < -0.4 is 0 Å². The summed E-state index contributed by atoms with van der Waals surface area (Å²) in [7, 11) is 0. The van der Waals surface area contributed by atoms with Gasteiger partial charge in [0, 0.05) is 9.79 Å². The van der Waals surface area contributed by atoms with E-state index in [-0.39, 0.29) is 11.5 Å². The molecule has 0 heterocycles. The molecule has 0 saturated carbocycles. The zero-order valence-corrected chi connectivity index (χ0v) is 9.79. The maximum Gasteiger partial charge on any atom is 0.117 e. The minimum absolute atomic E-state index is 0.153. The number of phenols is 2. The molecule has 0 radical (unpaired) electrons. The Balaban J connectivity index is 2.23. The molecule has 0 amide bonds. The summed E-state index contributed by atoms with van der Waals surface area (Å²) in [6, 6.07) is 11.7. The van der Waals surface area contributed by atoms with Crippen molar-refractivity contribution in [3.8, 4) is 11.5 Å². The average Bonchev–Trinajstić information content (AvgIpc) is 2.25. The fourth-order valence-corrected chi connectivity index (χ4v) is 2.32. The quantitative estimate of drug-likeness (QED) is 0.852. The Kier molecular flexibility index (Phi) is 3.27. The molecule has 0 aliphatic heterocycles. The van der Waals surface area contributed by atoms with Crippen molar-refractivity contribution in [2.45, 2.75) is 9.79 Å². The molecule has 0 spiro atoms. The van der Waals surface area contributed by atoms with Crippen LogP contribution in [0.1, 0.15) is 0 Å². The van der Waals surface area contributed by atoms with Gasteiger partial charge in [-0.3, -0.25) is 0 Å². The van der Waals surface area contributed by atoms with Crippen LogP contribution in [0, 0.1) is 0 Å². The van der Waals surface area contributed by atoms with Crippen LogP contribution in [0.2, 0.25) is 5.02 Å². The summed E-state index contributed by atoms with van der Waals surface area (Å²) >= 11 is 7.46. The molecule has 82 valence electrons. The van der Waals surface area contributed by atoms with Gasteiger partial charge in [0.1, 0.15) is 11.5 Å². The van der Waals surface area contributed by atoms with Crippen LogP contribution in [0.5, 0.6) is 11.5 Å². The predicted octanol–water partition coefficient (Wildman–Crippen LogP) is 3.90. The van der Waals surface area contributed by atoms with Crippen molar-refractivity contribution < 1.29 is 10.2 Å². The molecule has 0 fully saturated rings. The highest BCUT2D eigenvalue weighted by atomic mass is 35.5. The zero-order valence-electron chi connectivity index (χ0n) is 8.22. The second kappa shape index (κ2) is 4.68.